The van der Waals surface area contributed by atoms with Crippen LogP contribution in [0.3, 0.4) is 0 Å². The van der Waals surface area contributed by atoms with Gasteiger partial charge in [0.15, 0.2) is 6.73 Å². The van der Waals surface area contributed by atoms with Gasteiger partial charge in [-0.05, 0) is 88.2 Å². The first kappa shape index (κ1) is 46.6. The van der Waals surface area contributed by atoms with E-state index in [2.05, 4.69) is 97.2 Å². The van der Waals surface area contributed by atoms with Crippen LogP contribution in [0.2, 0.25) is 0 Å². The summed E-state index contributed by atoms with van der Waals surface area (Å²) in [6, 6.07) is 8.35. The van der Waals surface area contributed by atoms with Gasteiger partial charge in [-0.15, -0.1) is 0 Å². The van der Waals surface area contributed by atoms with E-state index >= 15 is 0 Å². The molecule has 7 nitrogen and oxygen atoms in total. The smallest absolute Gasteiger partial charge is 0.380 e. The highest BCUT2D eigenvalue weighted by Gasteiger charge is 2.28. The number of hydrogen-bond donors (Lipinski definition) is 2. The molecule has 0 saturated carbocycles. The molecule has 0 radical (unpaired) electrons. The third kappa shape index (κ3) is 18.3. The summed E-state index contributed by atoms with van der Waals surface area (Å²) in [5, 5.41) is 15.9. The topological polar surface area (TPSA) is 84.3 Å². The van der Waals surface area contributed by atoms with E-state index < -0.39 is 11.6 Å². The van der Waals surface area contributed by atoms with Gasteiger partial charge in [0, 0.05) is 5.54 Å². The maximum Gasteiger partial charge on any atom is 0.434 e. The number of carbonyl (C=O) groups excluding carboxylic acids is 1. The molecule has 7 heteroatoms. The van der Waals surface area contributed by atoms with Crippen LogP contribution in [0.4, 0.5) is 4.79 Å². The van der Waals surface area contributed by atoms with Gasteiger partial charge in [0.2, 0.25) is 0 Å². The van der Waals surface area contributed by atoms with Crippen molar-refractivity contribution in [1.82, 2.24) is 10.6 Å². The van der Waals surface area contributed by atoms with Gasteiger partial charge in [-0.25, -0.2) is 4.79 Å². The van der Waals surface area contributed by atoms with Crippen LogP contribution in [0.25, 0.3) is 0 Å². The van der Waals surface area contributed by atoms with E-state index in [1.807, 2.05) is 26.0 Å². The van der Waals surface area contributed by atoms with Crippen molar-refractivity contribution in [1.29, 1.82) is 0 Å². The molecule has 0 aromatic heterocycles. The molecule has 2 N–H and O–H groups in total. The van der Waals surface area contributed by atoms with Crippen LogP contribution in [0.5, 0.6) is 0 Å². The zero-order valence-corrected chi connectivity index (χ0v) is 35.3. The van der Waals surface area contributed by atoms with Crippen molar-refractivity contribution in [2.75, 3.05) is 6.73 Å². The predicted molar refractivity (Wildman–Crippen MR) is 219 cm³/mol. The number of rotatable bonds is 28. The summed E-state index contributed by atoms with van der Waals surface area (Å²) in [7, 11) is 0. The highest BCUT2D eigenvalue weighted by molar-refractivity contribution is 5.89. The average molecular weight is 713 g/mol. The number of benzene rings is 1. The monoisotopic (exact) mass is 713 g/mol. The van der Waals surface area contributed by atoms with E-state index in [4.69, 9.17) is 14.8 Å². The van der Waals surface area contributed by atoms with E-state index in [-0.39, 0.29) is 17.4 Å². The number of unbranched alkanes of at least 4 members (excludes halogenated alkanes) is 8. The minimum absolute atomic E-state index is 0.282. The summed E-state index contributed by atoms with van der Waals surface area (Å²) < 4.78 is 0. The first-order valence-electron chi connectivity index (χ1n) is 20.9. The molecule has 0 aliphatic carbocycles. The maximum atomic E-state index is 13.2. The van der Waals surface area contributed by atoms with Gasteiger partial charge in [-0.2, -0.15) is 0 Å². The highest BCUT2D eigenvalue weighted by Crippen LogP contribution is 2.28. The summed E-state index contributed by atoms with van der Waals surface area (Å²) in [4.78, 5) is 24.7. The van der Waals surface area contributed by atoms with Crippen LogP contribution < -0.4 is 10.6 Å². The molecule has 0 saturated heterocycles. The van der Waals surface area contributed by atoms with Gasteiger partial charge in [0.05, 0.1) is 17.0 Å². The molecular weight excluding hydrogens is 633 g/mol. The molecule has 0 aliphatic rings. The summed E-state index contributed by atoms with van der Waals surface area (Å²) in [5.41, 5.74) is 3.22. The van der Waals surface area contributed by atoms with Gasteiger partial charge in [0.1, 0.15) is 0 Å². The van der Waals surface area contributed by atoms with E-state index in [0.29, 0.717) is 18.6 Å². The van der Waals surface area contributed by atoms with Crippen molar-refractivity contribution < 1.29 is 14.5 Å². The molecule has 1 rings (SSSR count). The van der Waals surface area contributed by atoms with Crippen molar-refractivity contribution in [2.45, 2.75) is 197 Å². The fourth-order valence-corrected chi connectivity index (χ4v) is 6.89. The Hall–Kier alpha value is -2.41. The second kappa shape index (κ2) is 25.5. The third-order valence-corrected chi connectivity index (χ3v) is 10.7. The molecule has 4 atom stereocenters. The molecule has 294 valence electrons. The fraction of sp³-hybridized carbons (Fsp3) is 0.795. The van der Waals surface area contributed by atoms with Crippen LogP contribution in [-0.4, -0.2) is 24.2 Å². The van der Waals surface area contributed by atoms with Crippen LogP contribution in [0.1, 0.15) is 197 Å². The minimum Gasteiger partial charge on any atom is -0.380 e. The first-order valence-corrected chi connectivity index (χ1v) is 20.9. The normalized spacial score (nSPS) is 14.3. The van der Waals surface area contributed by atoms with Crippen LogP contribution >= 0.6 is 0 Å². The number of amides is 1. The Morgan fingerprint density at radius 1 is 0.627 bits per heavy atom. The average Bonchev–Trinajstić information content (AvgIpc) is 3.08. The lowest BCUT2D eigenvalue weighted by atomic mass is 9.87. The number of oxime groups is 2. The van der Waals surface area contributed by atoms with Gasteiger partial charge in [-0.1, -0.05) is 167 Å². The molecule has 1 aromatic rings. The molecule has 0 heterocycles. The standard InChI is InChI=1S/C44H80N4O3/c1-13-17-21-26-34(5)40(35(6)27-22-18-14-2)47-50-33-45-43(9,10)38-30-25-31-39(32-38)44(11,12)46-42(49)51-48-41(36(7)28-23-19-15-3)37(8)29-24-20-16-4/h25,30-32,34-37,45H,13-24,26-29,33H2,1-12H3,(H,46,49). The lowest BCUT2D eigenvalue weighted by Crippen LogP contribution is -2.42. The number of hydrogen-bond acceptors (Lipinski definition) is 6. The summed E-state index contributed by atoms with van der Waals surface area (Å²) in [5.74, 6) is 1.40. The van der Waals surface area contributed by atoms with Gasteiger partial charge in [-0.3, -0.25) is 10.2 Å². The quantitative estimate of drug-likeness (QED) is 0.0298. The molecule has 1 aromatic carbocycles. The van der Waals surface area contributed by atoms with Crippen LogP contribution in [0, 0.1) is 23.7 Å². The Bertz CT molecular complexity index is 1110. The first-order chi connectivity index (χ1) is 24.2. The summed E-state index contributed by atoms with van der Waals surface area (Å²) in [6.45, 7) is 26.6. The van der Waals surface area contributed by atoms with Crippen molar-refractivity contribution in [3.05, 3.63) is 35.4 Å². The van der Waals surface area contributed by atoms with Crippen molar-refractivity contribution in [2.24, 2.45) is 34.0 Å². The molecule has 51 heavy (non-hydrogen) atoms. The van der Waals surface area contributed by atoms with E-state index in [9.17, 15) is 4.79 Å². The SMILES string of the molecule is CCCCCC(C)C(=NOCNC(C)(C)c1cccc(C(C)(C)NC(=O)ON=C(C(C)CCCCC)C(C)CCCCC)c1)C(C)CCCCC. The summed E-state index contributed by atoms with van der Waals surface area (Å²) in [6.07, 6.45) is 18.5. The Labute approximate surface area is 314 Å². The number of carbonyl (C=O) groups is 1. The molecule has 0 aliphatic heterocycles. The Balaban J connectivity index is 3.00. The molecule has 1 amide bonds. The Morgan fingerprint density at radius 2 is 1.02 bits per heavy atom. The maximum absolute atomic E-state index is 13.2. The molecule has 0 spiro atoms. The Kier molecular flexibility index (Phi) is 23.3. The minimum atomic E-state index is -0.671. The van der Waals surface area contributed by atoms with Gasteiger partial charge in [0.25, 0.3) is 0 Å². The molecule has 4 unspecified atom stereocenters. The van der Waals surface area contributed by atoms with Crippen LogP contribution in [-0.2, 0) is 20.8 Å². The molecular formula is C44H80N4O3. The van der Waals surface area contributed by atoms with E-state index in [1.54, 1.807) is 0 Å². The van der Waals surface area contributed by atoms with Crippen molar-refractivity contribution in [3.8, 4) is 0 Å². The molecule has 0 fully saturated rings. The third-order valence-electron chi connectivity index (χ3n) is 10.7. The summed E-state index contributed by atoms with van der Waals surface area (Å²) >= 11 is 0. The lowest BCUT2D eigenvalue weighted by Gasteiger charge is -2.30. The Morgan fingerprint density at radius 3 is 1.43 bits per heavy atom. The number of nitrogens with zero attached hydrogens (tertiary/aromatic N) is 2. The zero-order chi connectivity index (χ0) is 38.3. The second-order valence-electron chi connectivity index (χ2n) is 16.4. The van der Waals surface area contributed by atoms with Gasteiger partial charge >= 0.3 is 6.09 Å². The predicted octanol–water partition coefficient (Wildman–Crippen LogP) is 13.0. The number of nitrogens with one attached hydrogen (secondary N) is 2. The van der Waals surface area contributed by atoms with Crippen LogP contribution in [0.15, 0.2) is 34.6 Å². The van der Waals surface area contributed by atoms with Crippen molar-refractivity contribution in [3.63, 3.8) is 0 Å². The lowest BCUT2D eigenvalue weighted by molar-refractivity contribution is 0.0993. The second-order valence-corrected chi connectivity index (χ2v) is 16.4. The molecule has 0 bridgehead atoms. The van der Waals surface area contributed by atoms with Crippen molar-refractivity contribution >= 4 is 17.5 Å². The largest absolute Gasteiger partial charge is 0.434 e. The highest BCUT2D eigenvalue weighted by atomic mass is 16.7. The fourth-order valence-electron chi connectivity index (χ4n) is 6.89. The van der Waals surface area contributed by atoms with Gasteiger partial charge < -0.3 is 10.2 Å². The zero-order valence-electron chi connectivity index (χ0n) is 35.3. The van der Waals surface area contributed by atoms with E-state index in [1.165, 1.54) is 69.9 Å². The van der Waals surface area contributed by atoms with E-state index in [0.717, 1.165) is 55.4 Å².